The number of rotatable bonds is 8. The maximum atomic E-state index is 12.6. The number of non-ortho nitro benzene ring substituents is 1. The van der Waals surface area contributed by atoms with Crippen LogP contribution in [0.3, 0.4) is 0 Å². The zero-order chi connectivity index (χ0) is 20.6. The second-order valence-electron chi connectivity index (χ2n) is 6.19. The normalized spacial score (nSPS) is 10.2. The standard InChI is InChI=1S/C22H18N2O5/c25-21(17-9-5-2-6-10-17)15-29-22(26)19-13-18(24(27)28)11-12-20(19)23-14-16-7-3-1-4-8-16/h1-13,23H,14-15H2. The van der Waals surface area contributed by atoms with Crippen LogP contribution >= 0.6 is 0 Å². The first-order chi connectivity index (χ1) is 14.0. The van der Waals surface area contributed by atoms with Gasteiger partial charge in [-0.15, -0.1) is 0 Å². The average Bonchev–Trinajstić information content (AvgIpc) is 2.77. The minimum atomic E-state index is -0.812. The molecule has 0 bridgehead atoms. The van der Waals surface area contributed by atoms with Crippen LogP contribution in [0.2, 0.25) is 0 Å². The summed E-state index contributed by atoms with van der Waals surface area (Å²) < 4.78 is 5.12. The molecule has 0 aromatic heterocycles. The molecule has 3 aromatic rings. The molecule has 0 fully saturated rings. The molecule has 3 rings (SSSR count). The molecule has 0 aliphatic heterocycles. The fourth-order valence-corrected chi connectivity index (χ4v) is 2.68. The Kier molecular flexibility index (Phi) is 6.32. The minimum absolute atomic E-state index is 0.00371. The van der Waals surface area contributed by atoms with E-state index in [2.05, 4.69) is 5.32 Å². The highest BCUT2D eigenvalue weighted by atomic mass is 16.6. The quantitative estimate of drug-likeness (QED) is 0.267. The van der Waals surface area contributed by atoms with Crippen LogP contribution in [-0.4, -0.2) is 23.3 Å². The lowest BCUT2D eigenvalue weighted by Crippen LogP contribution is -2.16. The van der Waals surface area contributed by atoms with Gasteiger partial charge in [-0.05, 0) is 11.6 Å². The van der Waals surface area contributed by atoms with Crippen molar-refractivity contribution < 1.29 is 19.2 Å². The van der Waals surface area contributed by atoms with Gasteiger partial charge >= 0.3 is 5.97 Å². The maximum Gasteiger partial charge on any atom is 0.340 e. The van der Waals surface area contributed by atoms with Crippen molar-refractivity contribution in [1.29, 1.82) is 0 Å². The van der Waals surface area contributed by atoms with E-state index in [1.54, 1.807) is 30.3 Å². The first-order valence-corrected chi connectivity index (χ1v) is 8.86. The summed E-state index contributed by atoms with van der Waals surface area (Å²) in [5, 5.41) is 14.2. The predicted molar refractivity (Wildman–Crippen MR) is 108 cm³/mol. The van der Waals surface area contributed by atoms with E-state index in [1.807, 2.05) is 30.3 Å². The summed E-state index contributed by atoms with van der Waals surface area (Å²) in [4.78, 5) is 35.2. The van der Waals surface area contributed by atoms with Crippen LogP contribution in [0.1, 0.15) is 26.3 Å². The highest BCUT2D eigenvalue weighted by molar-refractivity contribution is 6.01. The molecule has 0 spiro atoms. The number of hydrogen-bond acceptors (Lipinski definition) is 6. The van der Waals surface area contributed by atoms with Crippen molar-refractivity contribution in [3.05, 3.63) is 106 Å². The van der Waals surface area contributed by atoms with Gasteiger partial charge in [0.05, 0.1) is 10.5 Å². The number of nitro benzene ring substituents is 1. The number of hydrogen-bond donors (Lipinski definition) is 1. The molecule has 0 atom stereocenters. The topological polar surface area (TPSA) is 98.5 Å². The molecule has 0 unspecified atom stereocenters. The molecule has 1 N–H and O–H groups in total. The number of ether oxygens (including phenoxy) is 1. The van der Waals surface area contributed by atoms with Crippen LogP contribution in [0.4, 0.5) is 11.4 Å². The zero-order valence-electron chi connectivity index (χ0n) is 15.4. The Bertz CT molecular complexity index is 1020. The van der Waals surface area contributed by atoms with Crippen LogP contribution in [0, 0.1) is 10.1 Å². The molecule has 0 aliphatic rings. The third-order valence-electron chi connectivity index (χ3n) is 4.19. The van der Waals surface area contributed by atoms with E-state index in [-0.39, 0.29) is 17.0 Å². The lowest BCUT2D eigenvalue weighted by Gasteiger charge is -2.12. The van der Waals surface area contributed by atoms with Gasteiger partial charge in [0.1, 0.15) is 0 Å². The molecule has 0 saturated carbocycles. The molecular formula is C22H18N2O5. The van der Waals surface area contributed by atoms with Crippen LogP contribution in [0.5, 0.6) is 0 Å². The van der Waals surface area contributed by atoms with E-state index < -0.39 is 17.5 Å². The van der Waals surface area contributed by atoms with E-state index in [0.717, 1.165) is 11.6 Å². The maximum absolute atomic E-state index is 12.6. The van der Waals surface area contributed by atoms with Gasteiger partial charge in [-0.2, -0.15) is 0 Å². The highest BCUT2D eigenvalue weighted by Crippen LogP contribution is 2.24. The van der Waals surface area contributed by atoms with Crippen LogP contribution < -0.4 is 5.32 Å². The zero-order valence-corrected chi connectivity index (χ0v) is 15.4. The number of nitrogens with zero attached hydrogens (tertiary/aromatic N) is 1. The van der Waals surface area contributed by atoms with Crippen molar-refractivity contribution in [3.63, 3.8) is 0 Å². The number of carbonyl (C=O) groups is 2. The Hall–Kier alpha value is -4.00. The van der Waals surface area contributed by atoms with Crippen molar-refractivity contribution >= 4 is 23.1 Å². The largest absolute Gasteiger partial charge is 0.454 e. The van der Waals surface area contributed by atoms with Gasteiger partial charge in [0.15, 0.2) is 12.4 Å². The number of benzene rings is 3. The Morgan fingerprint density at radius 2 is 1.59 bits per heavy atom. The Labute approximate surface area is 167 Å². The molecule has 146 valence electrons. The molecule has 0 heterocycles. The smallest absolute Gasteiger partial charge is 0.340 e. The number of nitrogens with one attached hydrogen (secondary N) is 1. The summed E-state index contributed by atoms with van der Waals surface area (Å²) in [6, 6.07) is 21.8. The van der Waals surface area contributed by atoms with E-state index >= 15 is 0 Å². The van der Waals surface area contributed by atoms with Gasteiger partial charge in [-0.25, -0.2) is 4.79 Å². The van der Waals surface area contributed by atoms with Crippen molar-refractivity contribution in [1.82, 2.24) is 0 Å². The minimum Gasteiger partial charge on any atom is -0.454 e. The van der Waals surface area contributed by atoms with Crippen molar-refractivity contribution in [3.8, 4) is 0 Å². The molecular weight excluding hydrogens is 372 g/mol. The highest BCUT2D eigenvalue weighted by Gasteiger charge is 2.19. The third-order valence-corrected chi connectivity index (χ3v) is 4.19. The Morgan fingerprint density at radius 1 is 0.931 bits per heavy atom. The van der Waals surface area contributed by atoms with Crippen molar-refractivity contribution in [2.45, 2.75) is 6.54 Å². The van der Waals surface area contributed by atoms with Crippen molar-refractivity contribution in [2.75, 3.05) is 11.9 Å². The molecule has 0 aliphatic carbocycles. The predicted octanol–water partition coefficient (Wildman–Crippen LogP) is 4.25. The number of ketones is 1. The fraction of sp³-hybridized carbons (Fsp3) is 0.0909. The molecule has 7 nitrogen and oxygen atoms in total. The molecule has 0 radical (unpaired) electrons. The third kappa shape index (κ3) is 5.26. The molecule has 0 saturated heterocycles. The van der Waals surface area contributed by atoms with Crippen molar-refractivity contribution in [2.24, 2.45) is 0 Å². The summed E-state index contributed by atoms with van der Waals surface area (Å²) in [6.07, 6.45) is 0. The lowest BCUT2D eigenvalue weighted by molar-refractivity contribution is -0.384. The first kappa shape index (κ1) is 19.8. The molecule has 0 amide bonds. The summed E-state index contributed by atoms with van der Waals surface area (Å²) in [6.45, 7) is -0.0362. The van der Waals surface area contributed by atoms with Gasteiger partial charge in [0, 0.05) is 29.9 Å². The number of anilines is 1. The molecule has 29 heavy (non-hydrogen) atoms. The van der Waals surface area contributed by atoms with E-state index in [9.17, 15) is 19.7 Å². The van der Waals surface area contributed by atoms with E-state index in [0.29, 0.717) is 17.8 Å². The van der Waals surface area contributed by atoms with E-state index in [4.69, 9.17) is 4.74 Å². The summed E-state index contributed by atoms with van der Waals surface area (Å²) >= 11 is 0. The number of Topliss-reactive ketones (excluding diaryl/α,β-unsaturated/α-hetero) is 1. The second kappa shape index (κ2) is 9.27. The van der Waals surface area contributed by atoms with Gasteiger partial charge in [0.25, 0.3) is 5.69 Å². The van der Waals surface area contributed by atoms with E-state index in [1.165, 1.54) is 12.1 Å². The summed E-state index contributed by atoms with van der Waals surface area (Å²) in [7, 11) is 0. The first-order valence-electron chi connectivity index (χ1n) is 8.86. The summed E-state index contributed by atoms with van der Waals surface area (Å²) in [5.74, 6) is -1.17. The second-order valence-corrected chi connectivity index (χ2v) is 6.19. The SMILES string of the molecule is O=C(COC(=O)c1cc([N+](=O)[O-])ccc1NCc1ccccc1)c1ccccc1. The van der Waals surface area contributed by atoms with Gasteiger partial charge in [-0.1, -0.05) is 60.7 Å². The summed E-state index contributed by atoms with van der Waals surface area (Å²) in [5.41, 5.74) is 1.54. The van der Waals surface area contributed by atoms with Crippen LogP contribution in [0.25, 0.3) is 0 Å². The number of esters is 1. The number of carbonyl (C=O) groups excluding carboxylic acids is 2. The van der Waals surface area contributed by atoms with Crippen LogP contribution in [0.15, 0.2) is 78.9 Å². The van der Waals surface area contributed by atoms with Gasteiger partial charge < -0.3 is 10.1 Å². The van der Waals surface area contributed by atoms with Crippen LogP contribution in [-0.2, 0) is 11.3 Å². The average molecular weight is 390 g/mol. The molecule has 3 aromatic carbocycles. The van der Waals surface area contributed by atoms with Gasteiger partial charge in [0.2, 0.25) is 0 Å². The van der Waals surface area contributed by atoms with Gasteiger partial charge in [-0.3, -0.25) is 14.9 Å². The fourth-order valence-electron chi connectivity index (χ4n) is 2.68. The lowest BCUT2D eigenvalue weighted by atomic mass is 10.1. The monoisotopic (exact) mass is 390 g/mol. The Balaban J connectivity index is 1.75. The Morgan fingerprint density at radius 3 is 2.24 bits per heavy atom. The molecule has 7 heteroatoms. The number of nitro groups is 1.